The predicted octanol–water partition coefficient (Wildman–Crippen LogP) is 7.96. The summed E-state index contributed by atoms with van der Waals surface area (Å²) in [5.41, 5.74) is -1.85. The fourth-order valence-electron chi connectivity index (χ4n) is 10.6. The number of rotatable bonds is 34. The number of alkyl halides is 3. The summed E-state index contributed by atoms with van der Waals surface area (Å²) in [6.07, 6.45) is 14.3. The van der Waals surface area contributed by atoms with E-state index in [9.17, 15) is 28.0 Å². The van der Waals surface area contributed by atoms with Crippen LogP contribution >= 0.6 is 34.5 Å². The maximum atomic E-state index is 13.5. The highest BCUT2D eigenvalue weighted by Crippen LogP contribution is 2.36. The van der Waals surface area contributed by atoms with Crippen molar-refractivity contribution in [1.82, 2.24) is 45.2 Å². The smallest absolute Gasteiger partial charge is 0.420 e. The summed E-state index contributed by atoms with van der Waals surface area (Å²) >= 11 is 12.5. The Labute approximate surface area is 546 Å². The second-order valence-electron chi connectivity index (χ2n) is 22.0. The van der Waals surface area contributed by atoms with E-state index >= 15 is 0 Å². The number of aromatic nitrogens is 6. The Balaban J connectivity index is 0.557. The molecule has 498 valence electrons. The SMILES string of the molecule is Cc1nc(Nc2ncc(C(=O)NC3C(Cl)=CC=CC3C)s2)cc(N2CCN(C(=O)CCOCCOCCOCCOCCOCCOCCNC(=O)C3CCN(c4ncc(C(=O)Nc5ccc(OC(F)(F)Cl)cc5)cc4-c4ccnn4C4CCCCO4)CC3)CC2)n1. The van der Waals surface area contributed by atoms with Crippen LogP contribution in [0.2, 0.25) is 0 Å². The molecule has 3 atom stereocenters. The molecule has 5 aromatic rings. The molecule has 9 rings (SSSR count). The van der Waals surface area contributed by atoms with Crippen LogP contribution in [-0.2, 0) is 42.7 Å². The molecule has 1 aromatic carbocycles. The Morgan fingerprint density at radius 1 is 0.772 bits per heavy atom. The minimum atomic E-state index is -3.87. The number of anilines is 5. The van der Waals surface area contributed by atoms with E-state index in [-0.39, 0.29) is 59.6 Å². The van der Waals surface area contributed by atoms with Crippen LogP contribution in [0.4, 0.5) is 37.1 Å². The van der Waals surface area contributed by atoms with Gasteiger partial charge in [0.05, 0.1) is 109 Å². The maximum absolute atomic E-state index is 13.5. The number of aryl methyl sites for hydroxylation is 1. The number of thiazole rings is 1. The highest BCUT2D eigenvalue weighted by Gasteiger charge is 2.31. The molecule has 30 heteroatoms. The number of nitrogens with one attached hydrogen (secondary N) is 4. The number of amides is 4. The maximum Gasteiger partial charge on any atom is 0.487 e. The summed E-state index contributed by atoms with van der Waals surface area (Å²) in [4.78, 5) is 77.6. The molecule has 7 heterocycles. The number of piperidine rings is 1. The van der Waals surface area contributed by atoms with Crippen molar-refractivity contribution in [2.45, 2.75) is 70.2 Å². The number of nitrogens with zero attached hydrogens (tertiary/aromatic N) is 9. The lowest BCUT2D eigenvalue weighted by Crippen LogP contribution is -2.49. The Bertz CT molecular complexity index is 3250. The lowest BCUT2D eigenvalue weighted by molar-refractivity contribution is -0.132. The zero-order valence-electron chi connectivity index (χ0n) is 51.5. The van der Waals surface area contributed by atoms with Crippen molar-refractivity contribution in [3.05, 3.63) is 101 Å². The molecule has 0 bridgehead atoms. The van der Waals surface area contributed by atoms with Gasteiger partial charge in [0, 0.05) is 105 Å². The highest BCUT2D eigenvalue weighted by molar-refractivity contribution is 7.17. The second-order valence-corrected chi connectivity index (χ2v) is 23.9. The number of piperazine rings is 1. The first-order chi connectivity index (χ1) is 44.6. The van der Waals surface area contributed by atoms with Crippen LogP contribution in [0.15, 0.2) is 84.3 Å². The van der Waals surface area contributed by atoms with Crippen LogP contribution in [-0.4, -0.2) is 202 Å². The van der Waals surface area contributed by atoms with Gasteiger partial charge in [-0.1, -0.05) is 42.0 Å². The van der Waals surface area contributed by atoms with Crippen LogP contribution in [0, 0.1) is 18.8 Å². The number of pyridine rings is 1. The van der Waals surface area contributed by atoms with Crippen molar-refractivity contribution < 1.29 is 65.9 Å². The van der Waals surface area contributed by atoms with Gasteiger partial charge in [-0.2, -0.15) is 5.10 Å². The van der Waals surface area contributed by atoms with Gasteiger partial charge < -0.3 is 73.9 Å². The summed E-state index contributed by atoms with van der Waals surface area (Å²) in [6, 6.07) is 10.6. The number of halogens is 4. The van der Waals surface area contributed by atoms with Gasteiger partial charge in [-0.25, -0.2) is 24.6 Å². The molecule has 0 spiro atoms. The zero-order chi connectivity index (χ0) is 64.7. The third-order valence-electron chi connectivity index (χ3n) is 15.4. The molecule has 1 aliphatic carbocycles. The summed E-state index contributed by atoms with van der Waals surface area (Å²) in [5, 5.41) is 17.7. The normalized spacial score (nSPS) is 18.0. The van der Waals surface area contributed by atoms with E-state index in [1.807, 2.05) is 47.7 Å². The number of benzene rings is 1. The van der Waals surface area contributed by atoms with Crippen LogP contribution in [0.1, 0.15) is 77.5 Å². The standard InChI is InChI=1S/C62H79Cl2F2N13O12S/c1-42-6-5-7-49(63)56(42)75-60(83)51-41-69-61(92-51)74-52-39-53(72-43(2)71-52)76-21-23-77(24-22-76)54(80)16-26-84-28-30-86-32-34-88-36-37-89-35-33-87-31-29-85-27-18-67-58(81)44-14-19-78(20-15-44)57-48(50-13-17-70-79(50)55-8-3-4-25-90-55)38-45(40-68-57)59(82)73-46-9-11-47(12-10-46)91-62(64,65)66/h5-7,9-13,17,38-42,44,55-56H,3-4,8,14-16,18-37H2,1-2H3,(H,67,81)(H,73,82)(H,75,83)(H,69,71,72,74). The van der Waals surface area contributed by atoms with E-state index in [4.69, 9.17) is 61.3 Å². The van der Waals surface area contributed by atoms with Crippen LogP contribution < -0.4 is 35.8 Å². The van der Waals surface area contributed by atoms with E-state index in [1.165, 1.54) is 48.0 Å². The number of carbonyl (C=O) groups excluding carboxylic acids is 4. The monoisotopic (exact) mass is 1340 g/mol. The summed E-state index contributed by atoms with van der Waals surface area (Å²) < 4.78 is 72.3. The van der Waals surface area contributed by atoms with E-state index in [0.717, 1.165) is 30.8 Å². The largest absolute Gasteiger partial charge is 0.487 e. The van der Waals surface area contributed by atoms with Crippen LogP contribution in [0.5, 0.6) is 5.75 Å². The lowest BCUT2D eigenvalue weighted by atomic mass is 9.95. The van der Waals surface area contributed by atoms with Gasteiger partial charge in [0.2, 0.25) is 11.8 Å². The molecule has 0 saturated carbocycles. The van der Waals surface area contributed by atoms with Crippen molar-refractivity contribution in [2.24, 2.45) is 11.8 Å². The van der Waals surface area contributed by atoms with E-state index in [2.05, 4.69) is 55.9 Å². The zero-order valence-corrected chi connectivity index (χ0v) is 53.9. The van der Waals surface area contributed by atoms with E-state index < -0.39 is 11.5 Å². The van der Waals surface area contributed by atoms with Crippen molar-refractivity contribution in [3.8, 4) is 17.0 Å². The Hall–Kier alpha value is -6.99. The molecular weight excluding hydrogens is 1260 g/mol. The second kappa shape index (κ2) is 35.3. The molecule has 3 unspecified atom stereocenters. The quantitative estimate of drug-likeness (QED) is 0.0225. The molecule has 3 aliphatic heterocycles. The van der Waals surface area contributed by atoms with Crippen LogP contribution in [0.25, 0.3) is 11.3 Å². The Morgan fingerprint density at radius 2 is 1.45 bits per heavy atom. The Kier molecular flexibility index (Phi) is 26.6. The molecule has 4 aliphatic rings. The number of hydrogen-bond donors (Lipinski definition) is 4. The third-order valence-corrected chi connectivity index (χ3v) is 16.8. The van der Waals surface area contributed by atoms with Crippen molar-refractivity contribution in [3.63, 3.8) is 0 Å². The number of hydrogen-bond acceptors (Lipinski definition) is 21. The molecule has 25 nitrogen and oxygen atoms in total. The number of ether oxygens (including phenoxy) is 8. The first kappa shape index (κ1) is 69.4. The average molecular weight is 1340 g/mol. The van der Waals surface area contributed by atoms with Crippen molar-refractivity contribution in [2.75, 3.05) is 152 Å². The molecule has 0 radical (unpaired) electrons. The minimum absolute atomic E-state index is 0.0296. The third kappa shape index (κ3) is 21.3. The molecule has 4 N–H and O–H groups in total. The molecule has 3 fully saturated rings. The van der Waals surface area contributed by atoms with Gasteiger partial charge in [0.1, 0.15) is 33.9 Å². The Morgan fingerprint density at radius 3 is 2.10 bits per heavy atom. The van der Waals surface area contributed by atoms with Crippen molar-refractivity contribution in [1.29, 1.82) is 0 Å². The molecule has 4 aromatic heterocycles. The summed E-state index contributed by atoms with van der Waals surface area (Å²) in [6.45, 7) is 12.7. The molecular formula is C62H79Cl2F2N13O12S. The van der Waals surface area contributed by atoms with Crippen LogP contribution in [0.3, 0.4) is 0 Å². The van der Waals surface area contributed by atoms with Gasteiger partial charge >= 0.3 is 5.57 Å². The molecule has 92 heavy (non-hydrogen) atoms. The number of carbonyl (C=O) groups is 4. The van der Waals surface area contributed by atoms with Gasteiger partial charge in [-0.05, 0) is 87.4 Å². The van der Waals surface area contributed by atoms with Crippen molar-refractivity contribution >= 4 is 86.4 Å². The highest BCUT2D eigenvalue weighted by atomic mass is 35.5. The average Bonchev–Trinajstić information content (AvgIpc) is 1.45. The van der Waals surface area contributed by atoms with E-state index in [1.54, 1.807) is 18.3 Å². The molecule has 3 saturated heterocycles. The predicted molar refractivity (Wildman–Crippen MR) is 342 cm³/mol. The van der Waals surface area contributed by atoms with Gasteiger partial charge in [-0.15, -0.1) is 8.78 Å². The van der Waals surface area contributed by atoms with Gasteiger partial charge in [0.25, 0.3) is 11.8 Å². The lowest BCUT2D eigenvalue weighted by Gasteiger charge is -2.35. The minimum Gasteiger partial charge on any atom is -0.420 e. The first-order valence-corrected chi connectivity index (χ1v) is 32.5. The summed E-state index contributed by atoms with van der Waals surface area (Å²) in [7, 11) is 0. The van der Waals surface area contributed by atoms with Gasteiger partial charge in [0.15, 0.2) is 11.4 Å². The topological polar surface area (TPSA) is 269 Å². The summed E-state index contributed by atoms with van der Waals surface area (Å²) in [5.74, 6) is 1.48. The first-order valence-electron chi connectivity index (χ1n) is 30.9. The molecule has 4 amide bonds. The fraction of sp³-hybridized carbons (Fsp3) is 0.532. The fourth-order valence-corrected chi connectivity index (χ4v) is 11.8. The van der Waals surface area contributed by atoms with E-state index in [0.29, 0.717) is 188 Å². The van der Waals surface area contributed by atoms with Gasteiger partial charge in [-0.3, -0.25) is 19.2 Å². The number of allylic oxidation sites excluding steroid dienone is 2.